The lowest BCUT2D eigenvalue weighted by Crippen LogP contribution is -2.16. The number of carbonyl (C=O) groups excluding carboxylic acids is 1. The van der Waals surface area contributed by atoms with Crippen LogP contribution in [0.5, 0.6) is 0 Å². The van der Waals surface area contributed by atoms with Gasteiger partial charge in [-0.1, -0.05) is 53.8 Å². The fourth-order valence-electron chi connectivity index (χ4n) is 2.23. The zero-order valence-corrected chi connectivity index (χ0v) is 12.9. The van der Waals surface area contributed by atoms with Gasteiger partial charge in [-0.05, 0) is 24.6 Å². The molecule has 0 aliphatic heterocycles. The summed E-state index contributed by atoms with van der Waals surface area (Å²) in [4.78, 5) is 17.0. The molecule has 0 aliphatic rings. The van der Waals surface area contributed by atoms with Crippen molar-refractivity contribution in [1.82, 2.24) is 4.98 Å². The number of carbonyl (C=O) groups is 1. The number of rotatable bonds is 3. The number of nitrogens with zero attached hydrogens (tertiary/aromatic N) is 1. The first kappa shape index (κ1) is 14.3. The largest absolute Gasteiger partial charge is 0.402 e. The van der Waals surface area contributed by atoms with Crippen LogP contribution in [-0.4, -0.2) is 10.9 Å². The molecule has 0 atom stereocenters. The second-order valence-corrected chi connectivity index (χ2v) is 5.90. The van der Waals surface area contributed by atoms with Crippen LogP contribution in [0.25, 0.3) is 15.8 Å². The molecule has 0 bridgehead atoms. The SMILES string of the molecule is C/C(N)=C(/C(=O)Nc1nc2ccccc2s1)c1ccccc1. The van der Waals surface area contributed by atoms with Crippen molar-refractivity contribution in [2.75, 3.05) is 5.32 Å². The molecule has 0 radical (unpaired) electrons. The summed E-state index contributed by atoms with van der Waals surface area (Å²) in [6, 6.07) is 17.2. The molecular formula is C17H15N3OS. The standard InChI is InChI=1S/C17H15N3OS/c1-11(18)15(12-7-3-2-4-8-12)16(21)20-17-19-13-9-5-6-10-14(13)22-17/h2-10H,18H2,1H3,(H,19,20,21)/b15-11-. The van der Waals surface area contributed by atoms with Gasteiger partial charge in [0.15, 0.2) is 5.13 Å². The number of nitrogens with two attached hydrogens (primary N) is 1. The van der Waals surface area contributed by atoms with Crippen molar-refractivity contribution in [1.29, 1.82) is 0 Å². The first-order chi connectivity index (χ1) is 10.6. The highest BCUT2D eigenvalue weighted by Gasteiger charge is 2.16. The molecule has 4 nitrogen and oxygen atoms in total. The number of aromatic nitrogens is 1. The number of thiazole rings is 1. The zero-order valence-electron chi connectivity index (χ0n) is 12.0. The number of allylic oxidation sites excluding steroid dienone is 1. The summed E-state index contributed by atoms with van der Waals surface area (Å²) in [6.45, 7) is 1.72. The van der Waals surface area contributed by atoms with E-state index in [2.05, 4.69) is 10.3 Å². The van der Waals surface area contributed by atoms with E-state index in [4.69, 9.17) is 5.73 Å². The average Bonchev–Trinajstić information content (AvgIpc) is 2.90. The van der Waals surface area contributed by atoms with Crippen LogP contribution in [0.15, 0.2) is 60.3 Å². The molecule has 0 aliphatic carbocycles. The van der Waals surface area contributed by atoms with Crippen molar-refractivity contribution in [2.24, 2.45) is 5.73 Å². The average molecular weight is 309 g/mol. The molecule has 0 saturated carbocycles. The van der Waals surface area contributed by atoms with E-state index in [0.717, 1.165) is 15.8 Å². The van der Waals surface area contributed by atoms with E-state index < -0.39 is 0 Å². The number of anilines is 1. The minimum absolute atomic E-state index is 0.245. The Bertz CT molecular complexity index is 815. The smallest absolute Gasteiger partial charge is 0.259 e. The van der Waals surface area contributed by atoms with E-state index in [1.54, 1.807) is 6.92 Å². The fourth-order valence-corrected chi connectivity index (χ4v) is 3.09. The second-order valence-electron chi connectivity index (χ2n) is 4.86. The summed E-state index contributed by atoms with van der Waals surface area (Å²) in [5.41, 5.74) is 8.51. The number of hydrogen-bond donors (Lipinski definition) is 2. The predicted molar refractivity (Wildman–Crippen MR) is 91.5 cm³/mol. The van der Waals surface area contributed by atoms with Gasteiger partial charge < -0.3 is 5.73 Å². The van der Waals surface area contributed by atoms with Gasteiger partial charge in [0.1, 0.15) is 0 Å². The Morgan fingerprint density at radius 3 is 2.45 bits per heavy atom. The van der Waals surface area contributed by atoms with Gasteiger partial charge in [0.2, 0.25) is 0 Å². The van der Waals surface area contributed by atoms with E-state index in [-0.39, 0.29) is 5.91 Å². The van der Waals surface area contributed by atoms with Crippen molar-refractivity contribution >= 4 is 38.2 Å². The van der Waals surface area contributed by atoms with E-state index in [0.29, 0.717) is 16.4 Å². The summed E-state index contributed by atoms with van der Waals surface area (Å²) in [5.74, 6) is -0.245. The molecule has 0 saturated heterocycles. The number of hydrogen-bond acceptors (Lipinski definition) is 4. The summed E-state index contributed by atoms with van der Waals surface area (Å²) in [6.07, 6.45) is 0. The van der Waals surface area contributed by atoms with Crippen molar-refractivity contribution in [3.63, 3.8) is 0 Å². The minimum atomic E-state index is -0.245. The molecular weight excluding hydrogens is 294 g/mol. The van der Waals surface area contributed by atoms with Gasteiger partial charge in [0.05, 0.1) is 15.8 Å². The zero-order chi connectivity index (χ0) is 15.5. The van der Waals surface area contributed by atoms with Gasteiger partial charge in [-0.15, -0.1) is 0 Å². The van der Waals surface area contributed by atoms with Gasteiger partial charge in [-0.25, -0.2) is 4.98 Å². The third-order valence-electron chi connectivity index (χ3n) is 3.20. The first-order valence-corrected chi connectivity index (χ1v) is 7.65. The number of benzene rings is 2. The first-order valence-electron chi connectivity index (χ1n) is 6.84. The van der Waals surface area contributed by atoms with E-state index in [1.165, 1.54) is 11.3 Å². The Labute approximate surface area is 132 Å². The molecule has 3 aromatic rings. The predicted octanol–water partition coefficient (Wildman–Crippen LogP) is 3.62. The molecule has 1 aromatic heterocycles. The monoisotopic (exact) mass is 309 g/mol. The molecule has 110 valence electrons. The Hall–Kier alpha value is -2.66. The lowest BCUT2D eigenvalue weighted by atomic mass is 10.0. The Morgan fingerprint density at radius 1 is 1.09 bits per heavy atom. The summed E-state index contributed by atoms with van der Waals surface area (Å²) >= 11 is 1.44. The Morgan fingerprint density at radius 2 is 1.77 bits per heavy atom. The van der Waals surface area contributed by atoms with Gasteiger partial charge in [-0.3, -0.25) is 10.1 Å². The molecule has 2 aromatic carbocycles. The normalized spacial score (nSPS) is 12.0. The quantitative estimate of drug-likeness (QED) is 0.726. The van der Waals surface area contributed by atoms with Crippen molar-refractivity contribution in [3.8, 4) is 0 Å². The van der Waals surface area contributed by atoms with E-state index in [9.17, 15) is 4.79 Å². The van der Waals surface area contributed by atoms with Crippen LogP contribution in [-0.2, 0) is 4.79 Å². The molecule has 3 N–H and O–H groups in total. The summed E-state index contributed by atoms with van der Waals surface area (Å²) in [7, 11) is 0. The van der Waals surface area contributed by atoms with E-state index in [1.807, 2.05) is 54.6 Å². The summed E-state index contributed by atoms with van der Waals surface area (Å²) < 4.78 is 1.03. The van der Waals surface area contributed by atoms with Gasteiger partial charge >= 0.3 is 0 Å². The van der Waals surface area contributed by atoms with Crippen molar-refractivity contribution < 1.29 is 4.79 Å². The highest BCUT2D eigenvalue weighted by molar-refractivity contribution is 7.22. The maximum absolute atomic E-state index is 12.5. The number of nitrogens with one attached hydrogen (secondary N) is 1. The highest BCUT2D eigenvalue weighted by Crippen LogP contribution is 2.27. The number of fused-ring (bicyclic) bond motifs is 1. The maximum Gasteiger partial charge on any atom is 0.259 e. The van der Waals surface area contributed by atoms with Crippen LogP contribution in [0.1, 0.15) is 12.5 Å². The Kier molecular flexibility index (Phi) is 3.89. The van der Waals surface area contributed by atoms with Gasteiger partial charge in [-0.2, -0.15) is 0 Å². The number of para-hydroxylation sites is 1. The lowest BCUT2D eigenvalue weighted by molar-refractivity contribution is -0.111. The number of amides is 1. The third kappa shape index (κ3) is 2.84. The molecule has 0 fully saturated rings. The lowest BCUT2D eigenvalue weighted by Gasteiger charge is -2.09. The molecule has 22 heavy (non-hydrogen) atoms. The molecule has 0 spiro atoms. The summed E-state index contributed by atoms with van der Waals surface area (Å²) in [5, 5.41) is 3.41. The molecule has 1 amide bonds. The third-order valence-corrected chi connectivity index (χ3v) is 4.15. The molecule has 0 unspecified atom stereocenters. The van der Waals surface area contributed by atoms with E-state index >= 15 is 0 Å². The molecule has 3 rings (SSSR count). The van der Waals surface area contributed by atoms with Gasteiger partial charge in [0, 0.05) is 5.70 Å². The van der Waals surface area contributed by atoms with Crippen LogP contribution < -0.4 is 11.1 Å². The topological polar surface area (TPSA) is 68.0 Å². The maximum atomic E-state index is 12.5. The van der Waals surface area contributed by atoms with Crippen LogP contribution >= 0.6 is 11.3 Å². The minimum Gasteiger partial charge on any atom is -0.402 e. The van der Waals surface area contributed by atoms with Crippen molar-refractivity contribution in [2.45, 2.75) is 6.92 Å². The molecule has 1 heterocycles. The van der Waals surface area contributed by atoms with Crippen LogP contribution in [0.4, 0.5) is 5.13 Å². The van der Waals surface area contributed by atoms with Crippen LogP contribution in [0.2, 0.25) is 0 Å². The second kappa shape index (κ2) is 5.99. The van der Waals surface area contributed by atoms with Crippen molar-refractivity contribution in [3.05, 3.63) is 65.9 Å². The Balaban J connectivity index is 1.90. The van der Waals surface area contributed by atoms with Gasteiger partial charge in [0.25, 0.3) is 5.91 Å². The molecule has 5 heteroatoms. The van der Waals surface area contributed by atoms with Crippen LogP contribution in [0.3, 0.4) is 0 Å². The fraction of sp³-hybridized carbons (Fsp3) is 0.0588. The highest BCUT2D eigenvalue weighted by atomic mass is 32.1. The van der Waals surface area contributed by atoms with Crippen LogP contribution in [0, 0.1) is 0 Å².